The van der Waals surface area contributed by atoms with Crippen LogP contribution in [0.15, 0.2) is 42.5 Å². The Kier molecular flexibility index (Phi) is 13.2. The van der Waals surface area contributed by atoms with Crippen LogP contribution in [0.3, 0.4) is 0 Å². The van der Waals surface area contributed by atoms with Crippen LogP contribution < -0.4 is 0 Å². The number of carbonyl (C=O) groups is 1. The highest BCUT2D eigenvalue weighted by atomic mass is 16.8. The molecule has 3 fully saturated rings. The summed E-state index contributed by atoms with van der Waals surface area (Å²) in [6, 6.07) is 7.83. The number of rotatable bonds is 13. The van der Waals surface area contributed by atoms with Gasteiger partial charge in [-0.25, -0.2) is 4.79 Å². The van der Waals surface area contributed by atoms with Crippen molar-refractivity contribution in [1.82, 2.24) is 0 Å². The van der Waals surface area contributed by atoms with Crippen LogP contribution in [0.4, 0.5) is 0 Å². The molecule has 2 aromatic carbocycles. The van der Waals surface area contributed by atoms with E-state index in [1.165, 1.54) is 49.4 Å². The van der Waals surface area contributed by atoms with Gasteiger partial charge in [-0.15, -0.1) is 0 Å². The van der Waals surface area contributed by atoms with Crippen LogP contribution in [0.2, 0.25) is 0 Å². The predicted octanol–water partition coefficient (Wildman–Crippen LogP) is -2.55. The van der Waals surface area contributed by atoms with Gasteiger partial charge >= 0.3 is 5.97 Å². The Morgan fingerprint density at radius 2 is 1.53 bits per heavy atom. The summed E-state index contributed by atoms with van der Waals surface area (Å²) in [4.78, 5) is 13.2. The van der Waals surface area contributed by atoms with Crippen molar-refractivity contribution in [3.8, 4) is 23.0 Å². The Labute approximate surface area is 302 Å². The van der Waals surface area contributed by atoms with Gasteiger partial charge in [-0.3, -0.25) is 0 Å². The first-order valence-electron chi connectivity index (χ1n) is 16.6. The van der Waals surface area contributed by atoms with Crippen LogP contribution in [0, 0.1) is 0 Å². The highest BCUT2D eigenvalue weighted by Gasteiger charge is 2.54. The van der Waals surface area contributed by atoms with Crippen LogP contribution in [0.5, 0.6) is 23.0 Å². The second kappa shape index (κ2) is 17.2. The summed E-state index contributed by atoms with van der Waals surface area (Å²) in [6.07, 6.45) is -17.0. The Bertz CT molecular complexity index is 1570. The van der Waals surface area contributed by atoms with E-state index in [1.807, 2.05) is 0 Å². The molecule has 0 bridgehead atoms. The molecule has 3 saturated heterocycles. The fourth-order valence-electron chi connectivity index (χ4n) is 5.87. The summed E-state index contributed by atoms with van der Waals surface area (Å²) < 4.78 is 40.0. The zero-order valence-corrected chi connectivity index (χ0v) is 28.3. The van der Waals surface area contributed by atoms with Gasteiger partial charge in [0.1, 0.15) is 48.3 Å². The molecular formula is C34H44O19. The van der Waals surface area contributed by atoms with Crippen LogP contribution in [0.25, 0.3) is 6.08 Å². The quantitative estimate of drug-likeness (QED) is 0.0569. The molecule has 0 amide bonds. The molecule has 2 aromatic rings. The second-order valence-electron chi connectivity index (χ2n) is 13.0. The standard InChI is InChI=1S/C34H44O19/c1-15-24(41)25(42)26(43)32(50-15)53-29-27(44)31(47-9-8-17-3-6-19(37)21(39)11-17)51-22(12-48-33-30(45)34(46,13-35)14-49-33)28(29)52-23(40)7-4-16-2-5-18(36)20(38)10-16/h2-7,10-11,15,22,24-33,35-39,41-46H,8-9,12-14H2,1H3/b7-4-/t15-,22+,24+,25+,26+,27+,28+,29+,30-,31+,32-,33+,34+/m0/s1. The molecule has 19 nitrogen and oxygen atoms in total. The lowest BCUT2D eigenvalue weighted by Gasteiger charge is -2.46. The lowest BCUT2D eigenvalue weighted by atomic mass is 9.96. The van der Waals surface area contributed by atoms with Gasteiger partial charge in [0.25, 0.3) is 0 Å². The summed E-state index contributed by atoms with van der Waals surface area (Å²) >= 11 is 0. The summed E-state index contributed by atoms with van der Waals surface area (Å²) in [7, 11) is 0. The molecule has 0 saturated carbocycles. The number of phenolic OH excluding ortho intramolecular Hbond substituents is 4. The van der Waals surface area contributed by atoms with Crippen LogP contribution >= 0.6 is 0 Å². The molecule has 294 valence electrons. The second-order valence-corrected chi connectivity index (χ2v) is 13.0. The third-order valence-corrected chi connectivity index (χ3v) is 9.09. The molecular weight excluding hydrogens is 712 g/mol. The van der Waals surface area contributed by atoms with Gasteiger partial charge in [-0.2, -0.15) is 0 Å². The molecule has 3 aliphatic heterocycles. The van der Waals surface area contributed by atoms with E-state index in [-0.39, 0.29) is 30.1 Å². The smallest absolute Gasteiger partial charge is 0.331 e. The van der Waals surface area contributed by atoms with E-state index < -0.39 is 117 Å². The van der Waals surface area contributed by atoms with E-state index >= 15 is 0 Å². The summed E-state index contributed by atoms with van der Waals surface area (Å²) in [6.45, 7) is -0.718. The monoisotopic (exact) mass is 756 g/mol. The van der Waals surface area contributed by atoms with E-state index in [2.05, 4.69) is 0 Å². The number of aliphatic hydroxyl groups excluding tert-OH is 6. The zero-order chi connectivity index (χ0) is 38.6. The lowest BCUT2D eigenvalue weighted by Crippen LogP contribution is -2.65. The normalized spacial score (nSPS) is 36.2. The van der Waals surface area contributed by atoms with Crippen LogP contribution in [0.1, 0.15) is 18.1 Å². The van der Waals surface area contributed by atoms with E-state index in [9.17, 15) is 61.0 Å². The summed E-state index contributed by atoms with van der Waals surface area (Å²) in [5, 5.41) is 112. The number of carbonyl (C=O) groups excluding carboxylic acids is 1. The molecule has 3 aliphatic rings. The number of hydrogen-bond donors (Lipinski definition) is 11. The number of aromatic hydroxyl groups is 4. The van der Waals surface area contributed by atoms with E-state index in [1.54, 1.807) is 0 Å². The summed E-state index contributed by atoms with van der Waals surface area (Å²) in [5.41, 5.74) is -1.24. The van der Waals surface area contributed by atoms with Crippen molar-refractivity contribution in [1.29, 1.82) is 0 Å². The Morgan fingerprint density at radius 3 is 2.19 bits per heavy atom. The largest absolute Gasteiger partial charge is 0.504 e. The molecule has 19 heteroatoms. The minimum absolute atomic E-state index is 0.136. The molecule has 0 radical (unpaired) electrons. The fraction of sp³-hybridized carbons (Fsp3) is 0.559. The van der Waals surface area contributed by atoms with E-state index in [0.717, 1.165) is 6.08 Å². The minimum atomic E-state index is -2.05. The average molecular weight is 757 g/mol. The molecule has 0 aliphatic carbocycles. The average Bonchev–Trinajstić information content (AvgIpc) is 3.42. The summed E-state index contributed by atoms with van der Waals surface area (Å²) in [5.74, 6) is -2.62. The van der Waals surface area contributed by atoms with Crippen molar-refractivity contribution < 1.29 is 94.1 Å². The highest BCUT2D eigenvalue weighted by molar-refractivity contribution is 5.87. The van der Waals surface area contributed by atoms with Gasteiger partial charge in [0.2, 0.25) is 0 Å². The van der Waals surface area contributed by atoms with Gasteiger partial charge < -0.3 is 89.3 Å². The molecule has 13 atom stereocenters. The van der Waals surface area contributed by atoms with Gasteiger partial charge in [-0.1, -0.05) is 12.1 Å². The number of ether oxygens (including phenoxy) is 7. The zero-order valence-electron chi connectivity index (χ0n) is 28.3. The Morgan fingerprint density at radius 1 is 0.830 bits per heavy atom. The van der Waals surface area contributed by atoms with E-state index in [0.29, 0.717) is 5.56 Å². The molecule has 0 aromatic heterocycles. The van der Waals surface area contributed by atoms with Gasteiger partial charge in [0.15, 0.2) is 48.0 Å². The van der Waals surface area contributed by atoms with Crippen LogP contribution in [-0.4, -0.2) is 168 Å². The third kappa shape index (κ3) is 9.35. The number of benzene rings is 2. The SMILES string of the molecule is C[C@@H]1O[C@@H](O[C@@H]2[C@@H](O)[C@H](OCCc3ccc(O)c(O)c3)O[C@H](CO[C@@H]3OC[C@](O)(CO)[C@H]3O)[C@H]2OC(=O)/C=C\c2ccc(O)c(O)c2)[C@H](O)[C@H](O)[C@@H]1O. The van der Waals surface area contributed by atoms with Crippen molar-refractivity contribution >= 4 is 12.0 Å². The lowest BCUT2D eigenvalue weighted by molar-refractivity contribution is -0.360. The van der Waals surface area contributed by atoms with Gasteiger partial charge in [0, 0.05) is 6.08 Å². The van der Waals surface area contributed by atoms with E-state index in [4.69, 9.17) is 33.2 Å². The fourth-order valence-corrected chi connectivity index (χ4v) is 5.87. The predicted molar refractivity (Wildman–Crippen MR) is 174 cm³/mol. The maximum Gasteiger partial charge on any atom is 0.331 e. The number of hydrogen-bond acceptors (Lipinski definition) is 19. The number of phenols is 4. The molecule has 53 heavy (non-hydrogen) atoms. The maximum absolute atomic E-state index is 13.2. The topological polar surface area (TPSA) is 304 Å². The molecule has 5 rings (SSSR count). The third-order valence-electron chi connectivity index (χ3n) is 9.09. The van der Waals surface area contributed by atoms with Crippen molar-refractivity contribution in [2.45, 2.75) is 92.8 Å². The Balaban J connectivity index is 1.42. The van der Waals surface area contributed by atoms with Crippen molar-refractivity contribution in [2.75, 3.05) is 26.4 Å². The van der Waals surface area contributed by atoms with Crippen molar-refractivity contribution in [3.05, 3.63) is 53.6 Å². The van der Waals surface area contributed by atoms with Gasteiger partial charge in [-0.05, 0) is 54.8 Å². The molecule has 3 heterocycles. The van der Waals surface area contributed by atoms with Crippen LogP contribution in [-0.2, 0) is 44.4 Å². The first-order chi connectivity index (χ1) is 25.1. The molecule has 0 unspecified atom stereocenters. The molecule has 11 N–H and O–H groups in total. The van der Waals surface area contributed by atoms with Gasteiger partial charge in [0.05, 0.1) is 32.5 Å². The number of aliphatic hydroxyl groups is 7. The first kappa shape index (κ1) is 40.5. The highest BCUT2D eigenvalue weighted by Crippen LogP contribution is 2.34. The van der Waals surface area contributed by atoms with Crippen molar-refractivity contribution in [3.63, 3.8) is 0 Å². The number of esters is 1. The first-order valence-corrected chi connectivity index (χ1v) is 16.6. The van der Waals surface area contributed by atoms with Crippen molar-refractivity contribution in [2.24, 2.45) is 0 Å². The Hall–Kier alpha value is -3.67. The minimum Gasteiger partial charge on any atom is -0.504 e. The molecule has 0 spiro atoms. The maximum atomic E-state index is 13.2.